The van der Waals surface area contributed by atoms with Crippen LogP contribution >= 0.6 is 45.5 Å². The number of aromatic nitrogens is 1. The quantitative estimate of drug-likeness (QED) is 0.490. The molecule has 0 unspecified atom stereocenters. The van der Waals surface area contributed by atoms with Crippen LogP contribution in [0.2, 0.25) is 0 Å². The predicted molar refractivity (Wildman–Crippen MR) is 78.1 cm³/mol. The van der Waals surface area contributed by atoms with Crippen molar-refractivity contribution in [2.75, 3.05) is 0 Å². The van der Waals surface area contributed by atoms with Gasteiger partial charge < -0.3 is 0 Å². The van der Waals surface area contributed by atoms with E-state index in [1.54, 1.807) is 0 Å². The first kappa shape index (κ1) is 11.0. The van der Waals surface area contributed by atoms with Gasteiger partial charge in [-0.15, -0.1) is 2.78 Å². The first-order valence-electron chi connectivity index (χ1n) is 4.32. The fraction of sp³-hybridized carbons (Fsp3) is 0. The van der Waals surface area contributed by atoms with Crippen molar-refractivity contribution in [1.29, 1.82) is 0 Å². The van der Waals surface area contributed by atoms with E-state index < -0.39 is 0 Å². The van der Waals surface area contributed by atoms with Crippen LogP contribution in [0.1, 0.15) is 5.69 Å². The normalized spacial score (nSPS) is 14.5. The summed E-state index contributed by atoms with van der Waals surface area (Å²) < 4.78 is 3.01. The number of rotatable bonds is 1. The molecule has 1 aromatic rings. The molecular formula is C11H7I2N2+. The van der Waals surface area contributed by atoms with Gasteiger partial charge in [0.25, 0.3) is 0 Å². The average molecular weight is 421 g/mol. The zero-order valence-corrected chi connectivity index (χ0v) is 12.0. The Bertz CT molecular complexity index is 509. The van der Waals surface area contributed by atoms with Crippen LogP contribution in [0, 0.1) is 0 Å². The Balaban J connectivity index is 2.57. The fourth-order valence-corrected chi connectivity index (χ4v) is 2.43. The van der Waals surface area contributed by atoms with E-state index in [2.05, 4.69) is 71.2 Å². The van der Waals surface area contributed by atoms with Crippen molar-refractivity contribution in [2.24, 2.45) is 4.99 Å². The molecule has 0 bridgehead atoms. The van der Waals surface area contributed by atoms with Crippen LogP contribution < -0.4 is 2.78 Å². The van der Waals surface area contributed by atoms with Crippen molar-refractivity contribution >= 4 is 56.9 Å². The predicted octanol–water partition coefficient (Wildman–Crippen LogP) is 3.07. The van der Waals surface area contributed by atoms with E-state index in [9.17, 15) is 0 Å². The highest BCUT2D eigenvalue weighted by atomic mass is 127. The summed E-state index contributed by atoms with van der Waals surface area (Å²) in [6.45, 7) is 0. The lowest BCUT2D eigenvalue weighted by Crippen LogP contribution is -2.23. The van der Waals surface area contributed by atoms with Gasteiger partial charge >= 0.3 is 22.9 Å². The maximum absolute atomic E-state index is 4.20. The fourth-order valence-electron chi connectivity index (χ4n) is 1.23. The van der Waals surface area contributed by atoms with E-state index in [0.717, 1.165) is 15.0 Å². The minimum atomic E-state index is 0.953. The second kappa shape index (κ2) is 5.05. The Kier molecular flexibility index (Phi) is 3.71. The van der Waals surface area contributed by atoms with Crippen LogP contribution in [0.5, 0.6) is 0 Å². The van der Waals surface area contributed by atoms with Crippen LogP contribution in [0.15, 0.2) is 51.3 Å². The molecule has 0 amide bonds. The Morgan fingerprint density at radius 2 is 2.20 bits per heavy atom. The molecule has 74 valence electrons. The standard InChI is InChI=1S/C11H7I2N2/c12-11-9(5-1-3-7-14-11)10-6-2-4-8-15(10)13/h1-6,8H/q+1. The van der Waals surface area contributed by atoms with Crippen molar-refractivity contribution in [3.63, 3.8) is 0 Å². The molecule has 15 heavy (non-hydrogen) atoms. The summed E-state index contributed by atoms with van der Waals surface area (Å²) in [4.78, 5) is 4.20. The van der Waals surface area contributed by atoms with Crippen molar-refractivity contribution < 1.29 is 2.78 Å². The number of nitrogens with zero attached hydrogens (tertiary/aromatic N) is 2. The highest BCUT2D eigenvalue weighted by molar-refractivity contribution is 14.1. The average Bonchev–Trinajstić information content (AvgIpc) is 2.44. The zero-order chi connectivity index (χ0) is 10.7. The third-order valence-corrected chi connectivity index (χ3v) is 3.57. The smallest absolute Gasteiger partial charge is 0.199 e. The largest absolute Gasteiger partial charge is 0.354 e. The van der Waals surface area contributed by atoms with Crippen molar-refractivity contribution in [1.82, 2.24) is 0 Å². The molecule has 4 heteroatoms. The second-order valence-corrected chi connectivity index (χ2v) is 4.93. The molecule has 0 radical (unpaired) electrons. The first-order valence-corrected chi connectivity index (χ1v) is 6.36. The van der Waals surface area contributed by atoms with Crippen LogP contribution in [-0.2, 0) is 0 Å². The van der Waals surface area contributed by atoms with Gasteiger partial charge in [-0.05, 0) is 46.7 Å². The van der Waals surface area contributed by atoms with Crippen LogP contribution in [0.3, 0.4) is 0 Å². The lowest BCUT2D eigenvalue weighted by atomic mass is 10.2. The van der Waals surface area contributed by atoms with Crippen molar-refractivity contribution in [2.45, 2.75) is 0 Å². The second-order valence-electron chi connectivity index (χ2n) is 2.87. The summed E-state index contributed by atoms with van der Waals surface area (Å²) in [6.07, 6.45) is 7.83. The molecule has 1 aliphatic heterocycles. The molecule has 2 heterocycles. The highest BCUT2D eigenvalue weighted by Crippen LogP contribution is 2.24. The zero-order valence-electron chi connectivity index (χ0n) is 7.69. The Labute approximate surface area is 116 Å². The summed E-state index contributed by atoms with van der Waals surface area (Å²) >= 11 is 4.48. The lowest BCUT2D eigenvalue weighted by molar-refractivity contribution is -0.443. The molecule has 0 aromatic carbocycles. The molecule has 1 aliphatic rings. The Morgan fingerprint density at radius 1 is 1.33 bits per heavy atom. The number of halogens is 2. The van der Waals surface area contributed by atoms with E-state index in [0.29, 0.717) is 0 Å². The van der Waals surface area contributed by atoms with Gasteiger partial charge in [-0.25, -0.2) is 0 Å². The van der Waals surface area contributed by atoms with E-state index in [4.69, 9.17) is 0 Å². The van der Waals surface area contributed by atoms with Crippen LogP contribution in [0.25, 0.3) is 5.57 Å². The SMILES string of the molecule is IC1=C(c2cccc[n+]2I)C=CC=C=N1. The third kappa shape index (κ3) is 2.56. The molecule has 2 nitrogen and oxygen atoms in total. The minimum Gasteiger partial charge on any atom is -0.199 e. The summed E-state index contributed by atoms with van der Waals surface area (Å²) in [5, 5.41) is 0. The van der Waals surface area contributed by atoms with E-state index in [-0.39, 0.29) is 0 Å². The third-order valence-electron chi connectivity index (χ3n) is 1.91. The molecule has 0 aliphatic carbocycles. The molecular weight excluding hydrogens is 414 g/mol. The van der Waals surface area contributed by atoms with E-state index >= 15 is 0 Å². The van der Waals surface area contributed by atoms with Gasteiger partial charge in [-0.1, -0.05) is 6.08 Å². The summed E-state index contributed by atoms with van der Waals surface area (Å²) in [5.41, 5.74) is 2.26. The molecule has 0 fully saturated rings. The lowest BCUT2D eigenvalue weighted by Gasteiger charge is -1.98. The molecule has 0 atom stereocenters. The van der Waals surface area contributed by atoms with Gasteiger partial charge in [0.05, 0.1) is 5.57 Å². The number of hydrogen-bond donors (Lipinski definition) is 0. The van der Waals surface area contributed by atoms with Gasteiger partial charge in [0, 0.05) is 12.1 Å². The molecule has 0 saturated carbocycles. The highest BCUT2D eigenvalue weighted by Gasteiger charge is 2.14. The van der Waals surface area contributed by atoms with Gasteiger partial charge in [-0.2, -0.15) is 4.99 Å². The number of hydrogen-bond acceptors (Lipinski definition) is 1. The van der Waals surface area contributed by atoms with E-state index in [1.165, 1.54) is 0 Å². The number of aliphatic imine (C=N–C) groups is 1. The summed E-state index contributed by atoms with van der Waals surface area (Å²) in [6, 6.07) is 6.11. The van der Waals surface area contributed by atoms with Crippen LogP contribution in [-0.4, -0.2) is 5.87 Å². The van der Waals surface area contributed by atoms with Crippen LogP contribution in [0.4, 0.5) is 0 Å². The van der Waals surface area contributed by atoms with E-state index in [1.807, 2.05) is 30.5 Å². The molecule has 0 N–H and O–H groups in total. The maximum atomic E-state index is 4.20. The maximum Gasteiger partial charge on any atom is 0.354 e. The Hall–Kier alpha value is -0.460. The molecule has 1 aromatic heterocycles. The number of pyridine rings is 1. The van der Waals surface area contributed by atoms with Crippen molar-refractivity contribution in [3.8, 4) is 0 Å². The molecule has 0 saturated heterocycles. The molecule has 0 spiro atoms. The Morgan fingerprint density at radius 3 is 3.00 bits per heavy atom. The van der Waals surface area contributed by atoms with Gasteiger partial charge in [-0.3, -0.25) is 0 Å². The topological polar surface area (TPSA) is 16.2 Å². The monoisotopic (exact) mass is 421 g/mol. The molecule has 2 rings (SSSR count). The van der Waals surface area contributed by atoms with Gasteiger partial charge in [0.15, 0.2) is 6.20 Å². The summed E-state index contributed by atoms with van der Waals surface area (Å²) in [5.74, 6) is 2.85. The van der Waals surface area contributed by atoms with Gasteiger partial charge in [0.1, 0.15) is 3.70 Å². The number of allylic oxidation sites excluding steroid dienone is 4. The van der Waals surface area contributed by atoms with Gasteiger partial charge in [0.2, 0.25) is 5.69 Å². The minimum absolute atomic E-state index is 0.953. The summed E-state index contributed by atoms with van der Waals surface area (Å²) in [7, 11) is 0. The first-order chi connectivity index (χ1) is 7.29. The van der Waals surface area contributed by atoms with Crippen molar-refractivity contribution in [3.05, 3.63) is 52.0 Å².